The summed E-state index contributed by atoms with van der Waals surface area (Å²) in [6.45, 7) is 3.54. The number of hydrogen-bond donors (Lipinski definition) is 2. The predicted molar refractivity (Wildman–Crippen MR) is 106 cm³/mol. The zero-order valence-corrected chi connectivity index (χ0v) is 15.5. The van der Waals surface area contributed by atoms with Crippen molar-refractivity contribution in [1.29, 1.82) is 0 Å². The second-order valence-corrected chi connectivity index (χ2v) is 6.28. The SMILES string of the molecule is CC(C)NC(=O)C(=O)N/N=C\c1cn(-c2ccccc2)nc1-c1cccnc1. The minimum atomic E-state index is -0.830. The van der Waals surface area contributed by atoms with E-state index in [9.17, 15) is 9.59 Å². The van der Waals surface area contributed by atoms with Crippen LogP contribution in [0.4, 0.5) is 0 Å². The average molecular weight is 376 g/mol. The molecule has 3 aromatic rings. The Kier molecular flexibility index (Phi) is 5.91. The molecule has 28 heavy (non-hydrogen) atoms. The van der Waals surface area contributed by atoms with Crippen LogP contribution in [0.2, 0.25) is 0 Å². The second kappa shape index (κ2) is 8.72. The Hall–Kier alpha value is -3.81. The van der Waals surface area contributed by atoms with Crippen molar-refractivity contribution >= 4 is 18.0 Å². The lowest BCUT2D eigenvalue weighted by molar-refractivity contribution is -0.139. The van der Waals surface area contributed by atoms with Crippen molar-refractivity contribution in [3.8, 4) is 16.9 Å². The highest BCUT2D eigenvalue weighted by Gasteiger charge is 2.14. The highest BCUT2D eigenvalue weighted by atomic mass is 16.2. The van der Waals surface area contributed by atoms with E-state index in [1.807, 2.05) is 42.5 Å². The summed E-state index contributed by atoms with van der Waals surface area (Å²) in [4.78, 5) is 27.6. The molecule has 0 aliphatic carbocycles. The Bertz CT molecular complexity index is 980. The molecular formula is C20H20N6O2. The number of nitrogens with zero attached hydrogens (tertiary/aromatic N) is 4. The van der Waals surface area contributed by atoms with Crippen LogP contribution in [0.15, 0.2) is 66.2 Å². The van der Waals surface area contributed by atoms with E-state index >= 15 is 0 Å². The first-order valence-corrected chi connectivity index (χ1v) is 8.74. The van der Waals surface area contributed by atoms with Crippen LogP contribution in [-0.2, 0) is 9.59 Å². The second-order valence-electron chi connectivity index (χ2n) is 6.28. The average Bonchev–Trinajstić information content (AvgIpc) is 3.13. The molecule has 2 heterocycles. The number of para-hydroxylation sites is 1. The van der Waals surface area contributed by atoms with Gasteiger partial charge in [0.1, 0.15) is 5.69 Å². The molecule has 8 heteroatoms. The Morgan fingerprint density at radius 3 is 2.57 bits per heavy atom. The fourth-order valence-electron chi connectivity index (χ4n) is 2.46. The van der Waals surface area contributed by atoms with Crippen LogP contribution >= 0.6 is 0 Å². The van der Waals surface area contributed by atoms with Crippen LogP contribution in [0.1, 0.15) is 19.4 Å². The first kappa shape index (κ1) is 19.0. The van der Waals surface area contributed by atoms with Gasteiger partial charge in [0.05, 0.1) is 11.9 Å². The van der Waals surface area contributed by atoms with Crippen molar-refractivity contribution in [2.75, 3.05) is 0 Å². The Morgan fingerprint density at radius 1 is 1.11 bits per heavy atom. The molecule has 0 saturated carbocycles. The van der Waals surface area contributed by atoms with Crippen LogP contribution in [-0.4, -0.2) is 38.8 Å². The molecule has 1 aromatic carbocycles. The molecule has 0 radical (unpaired) electrons. The van der Waals surface area contributed by atoms with Gasteiger partial charge in [-0.05, 0) is 38.1 Å². The van der Waals surface area contributed by atoms with E-state index in [0.29, 0.717) is 11.3 Å². The standard InChI is InChI=1S/C20H20N6O2/c1-14(2)23-19(27)20(28)24-22-12-16-13-26(17-8-4-3-5-9-17)25-18(16)15-7-6-10-21-11-15/h3-14H,1-2H3,(H,23,27)(H,24,28)/b22-12-. The van der Waals surface area contributed by atoms with E-state index in [2.05, 4.69) is 25.9 Å². The summed E-state index contributed by atoms with van der Waals surface area (Å²) in [5.74, 6) is -1.57. The number of nitrogens with one attached hydrogen (secondary N) is 2. The molecule has 3 rings (SSSR count). The molecule has 0 aliphatic heterocycles. The maximum Gasteiger partial charge on any atom is 0.329 e. The Balaban J connectivity index is 1.86. The maximum atomic E-state index is 11.8. The summed E-state index contributed by atoms with van der Waals surface area (Å²) >= 11 is 0. The van der Waals surface area contributed by atoms with E-state index in [0.717, 1.165) is 11.3 Å². The number of carbonyl (C=O) groups excluding carboxylic acids is 2. The molecule has 142 valence electrons. The highest BCUT2D eigenvalue weighted by molar-refractivity contribution is 6.35. The monoisotopic (exact) mass is 376 g/mol. The molecule has 0 spiro atoms. The molecule has 0 saturated heterocycles. The number of amides is 2. The minimum absolute atomic E-state index is 0.136. The van der Waals surface area contributed by atoms with E-state index in [1.165, 1.54) is 6.21 Å². The zero-order valence-electron chi connectivity index (χ0n) is 15.5. The minimum Gasteiger partial charge on any atom is -0.346 e. The molecule has 0 atom stereocenters. The van der Waals surface area contributed by atoms with Gasteiger partial charge in [-0.3, -0.25) is 14.6 Å². The van der Waals surface area contributed by atoms with Gasteiger partial charge >= 0.3 is 11.8 Å². The van der Waals surface area contributed by atoms with Crippen molar-refractivity contribution < 1.29 is 9.59 Å². The van der Waals surface area contributed by atoms with Gasteiger partial charge in [0.15, 0.2) is 0 Å². The summed E-state index contributed by atoms with van der Waals surface area (Å²) in [7, 11) is 0. The molecule has 0 unspecified atom stereocenters. The smallest absolute Gasteiger partial charge is 0.329 e. The lowest BCUT2D eigenvalue weighted by atomic mass is 10.1. The van der Waals surface area contributed by atoms with Gasteiger partial charge < -0.3 is 5.32 Å². The van der Waals surface area contributed by atoms with Crippen LogP contribution < -0.4 is 10.7 Å². The van der Waals surface area contributed by atoms with Gasteiger partial charge in [0, 0.05) is 35.8 Å². The molecule has 2 N–H and O–H groups in total. The van der Waals surface area contributed by atoms with Gasteiger partial charge in [-0.2, -0.15) is 10.2 Å². The van der Waals surface area contributed by atoms with E-state index in [-0.39, 0.29) is 6.04 Å². The molecule has 0 fully saturated rings. The lowest BCUT2D eigenvalue weighted by Gasteiger charge is -2.05. The third kappa shape index (κ3) is 4.67. The molecule has 2 aromatic heterocycles. The van der Waals surface area contributed by atoms with Crippen molar-refractivity contribution in [1.82, 2.24) is 25.5 Å². The van der Waals surface area contributed by atoms with Gasteiger partial charge in [0.25, 0.3) is 0 Å². The summed E-state index contributed by atoms with van der Waals surface area (Å²) in [5, 5.41) is 11.0. The molecule has 8 nitrogen and oxygen atoms in total. The maximum absolute atomic E-state index is 11.8. The van der Waals surface area contributed by atoms with Gasteiger partial charge in [-0.1, -0.05) is 18.2 Å². The van der Waals surface area contributed by atoms with Crippen LogP contribution in [0.25, 0.3) is 16.9 Å². The third-order valence-electron chi connectivity index (χ3n) is 3.69. The first-order valence-electron chi connectivity index (χ1n) is 8.74. The number of pyridine rings is 1. The molecular weight excluding hydrogens is 356 g/mol. The topological polar surface area (TPSA) is 101 Å². The van der Waals surface area contributed by atoms with Crippen LogP contribution in [0.5, 0.6) is 0 Å². The molecule has 2 amide bonds. The van der Waals surface area contributed by atoms with Gasteiger partial charge in [-0.15, -0.1) is 0 Å². The number of rotatable bonds is 5. The lowest BCUT2D eigenvalue weighted by Crippen LogP contribution is -2.41. The van der Waals surface area contributed by atoms with E-state index in [4.69, 9.17) is 0 Å². The predicted octanol–water partition coefficient (Wildman–Crippen LogP) is 1.91. The van der Waals surface area contributed by atoms with Crippen LogP contribution in [0.3, 0.4) is 0 Å². The largest absolute Gasteiger partial charge is 0.346 e. The summed E-state index contributed by atoms with van der Waals surface area (Å²) in [5.41, 5.74) is 5.24. The fraction of sp³-hybridized carbons (Fsp3) is 0.150. The summed E-state index contributed by atoms with van der Waals surface area (Å²) in [6.07, 6.45) is 6.62. The number of carbonyl (C=O) groups is 2. The van der Waals surface area contributed by atoms with E-state index in [1.54, 1.807) is 37.1 Å². The third-order valence-corrected chi connectivity index (χ3v) is 3.69. The highest BCUT2D eigenvalue weighted by Crippen LogP contribution is 2.21. The zero-order chi connectivity index (χ0) is 19.9. The number of hydrazone groups is 1. The van der Waals surface area contributed by atoms with Crippen LogP contribution in [0, 0.1) is 0 Å². The molecule has 0 bridgehead atoms. The summed E-state index contributed by atoms with van der Waals surface area (Å²) < 4.78 is 1.72. The van der Waals surface area contributed by atoms with Crippen molar-refractivity contribution in [2.24, 2.45) is 5.10 Å². The normalized spacial score (nSPS) is 11.0. The first-order chi connectivity index (χ1) is 13.5. The number of hydrogen-bond acceptors (Lipinski definition) is 5. The summed E-state index contributed by atoms with van der Waals surface area (Å²) in [6, 6.07) is 13.2. The fourth-order valence-corrected chi connectivity index (χ4v) is 2.46. The quantitative estimate of drug-likeness (QED) is 0.403. The number of aromatic nitrogens is 3. The van der Waals surface area contributed by atoms with Crippen molar-refractivity contribution in [3.05, 3.63) is 66.6 Å². The van der Waals surface area contributed by atoms with Gasteiger partial charge in [0.2, 0.25) is 0 Å². The number of benzene rings is 1. The van der Waals surface area contributed by atoms with Gasteiger partial charge in [-0.25, -0.2) is 10.1 Å². The Labute approximate surface area is 162 Å². The molecule has 0 aliphatic rings. The van der Waals surface area contributed by atoms with Crippen molar-refractivity contribution in [2.45, 2.75) is 19.9 Å². The van der Waals surface area contributed by atoms with E-state index < -0.39 is 11.8 Å². The Morgan fingerprint density at radius 2 is 1.89 bits per heavy atom. The van der Waals surface area contributed by atoms with Crippen molar-refractivity contribution in [3.63, 3.8) is 0 Å².